The van der Waals surface area contributed by atoms with Gasteiger partial charge in [-0.1, -0.05) is 12.2 Å². The van der Waals surface area contributed by atoms with Crippen molar-refractivity contribution in [3.8, 4) is 0 Å². The number of halogens is 1. The van der Waals surface area contributed by atoms with Crippen LogP contribution in [0.3, 0.4) is 0 Å². The molecule has 0 unspecified atom stereocenters. The number of nitrogens with zero attached hydrogens (tertiary/aromatic N) is 1. The van der Waals surface area contributed by atoms with Crippen molar-refractivity contribution in [2.24, 2.45) is 0 Å². The third-order valence-corrected chi connectivity index (χ3v) is 2.27. The van der Waals surface area contributed by atoms with E-state index in [2.05, 4.69) is 23.1 Å². The normalized spacial score (nSPS) is 21.8. The van der Waals surface area contributed by atoms with Crippen LogP contribution in [0.4, 0.5) is 0 Å². The van der Waals surface area contributed by atoms with Crippen molar-refractivity contribution in [3.05, 3.63) is 23.9 Å². The first-order valence-electron chi connectivity index (χ1n) is 4.07. The predicted octanol–water partition coefficient (Wildman–Crippen LogP) is 2.35. The predicted molar refractivity (Wildman–Crippen MR) is 49.9 cm³/mol. The largest absolute Gasteiger partial charge is 0.371 e. The second-order valence-corrected chi connectivity index (χ2v) is 2.99. The zero-order chi connectivity index (χ0) is 6.81. The lowest BCUT2D eigenvalue weighted by Crippen LogP contribution is -2.29. The molecule has 0 saturated carbocycles. The van der Waals surface area contributed by atoms with Crippen LogP contribution in [0.25, 0.3) is 0 Å². The average molecular weight is 172 g/mol. The van der Waals surface area contributed by atoms with E-state index in [-0.39, 0.29) is 12.4 Å². The van der Waals surface area contributed by atoms with Gasteiger partial charge >= 0.3 is 0 Å². The summed E-state index contributed by atoms with van der Waals surface area (Å²) >= 11 is 0. The first-order chi connectivity index (χ1) is 4.97. The summed E-state index contributed by atoms with van der Waals surface area (Å²) in [6.45, 7) is 2.42. The summed E-state index contributed by atoms with van der Waals surface area (Å²) in [4.78, 5) is 2.48. The molecule has 0 aliphatic carbocycles. The molecule has 0 aromatic carbocycles. The van der Waals surface area contributed by atoms with Gasteiger partial charge in [0, 0.05) is 18.8 Å². The third-order valence-electron chi connectivity index (χ3n) is 2.27. The van der Waals surface area contributed by atoms with E-state index in [1.165, 1.54) is 25.8 Å². The second kappa shape index (κ2) is 3.82. The highest BCUT2D eigenvalue weighted by Crippen LogP contribution is 2.21. The number of piperidine rings is 1. The van der Waals surface area contributed by atoms with E-state index in [0.29, 0.717) is 0 Å². The van der Waals surface area contributed by atoms with Gasteiger partial charge in [-0.3, -0.25) is 0 Å². The van der Waals surface area contributed by atoms with Crippen molar-refractivity contribution in [2.45, 2.75) is 19.3 Å². The quantitative estimate of drug-likeness (QED) is 0.541. The van der Waals surface area contributed by atoms with Crippen LogP contribution in [0.15, 0.2) is 23.9 Å². The first kappa shape index (κ1) is 8.66. The van der Waals surface area contributed by atoms with Gasteiger partial charge in [0.2, 0.25) is 0 Å². The zero-order valence-corrected chi connectivity index (χ0v) is 7.44. The van der Waals surface area contributed by atoms with Crippen molar-refractivity contribution in [3.63, 3.8) is 0 Å². The van der Waals surface area contributed by atoms with E-state index in [4.69, 9.17) is 0 Å². The fraction of sp³-hybridized carbons (Fsp3) is 0.556. The Morgan fingerprint density at radius 2 is 2.18 bits per heavy atom. The SMILES string of the molecule is C1=CCN2CCCCC2=C1.Cl. The van der Waals surface area contributed by atoms with Gasteiger partial charge in [-0.2, -0.15) is 0 Å². The summed E-state index contributed by atoms with van der Waals surface area (Å²) < 4.78 is 0. The molecule has 11 heavy (non-hydrogen) atoms. The minimum Gasteiger partial charge on any atom is -0.371 e. The summed E-state index contributed by atoms with van der Waals surface area (Å²) in [6, 6.07) is 0. The molecule has 0 bridgehead atoms. The molecule has 2 heterocycles. The van der Waals surface area contributed by atoms with Crippen LogP contribution in [0.2, 0.25) is 0 Å². The Morgan fingerprint density at radius 1 is 1.27 bits per heavy atom. The van der Waals surface area contributed by atoms with Crippen LogP contribution >= 0.6 is 12.4 Å². The Bertz CT molecular complexity index is 184. The number of hydrogen-bond acceptors (Lipinski definition) is 1. The molecule has 2 aliphatic rings. The fourth-order valence-electron chi connectivity index (χ4n) is 1.68. The van der Waals surface area contributed by atoms with Gasteiger partial charge < -0.3 is 4.90 Å². The molecule has 2 heteroatoms. The summed E-state index contributed by atoms with van der Waals surface area (Å²) in [5, 5.41) is 0. The van der Waals surface area contributed by atoms with Crippen molar-refractivity contribution in [2.75, 3.05) is 13.1 Å². The number of hydrogen-bond donors (Lipinski definition) is 0. The molecule has 62 valence electrons. The fourth-order valence-corrected chi connectivity index (χ4v) is 1.68. The average Bonchev–Trinajstić information content (AvgIpc) is 2.05. The molecule has 0 spiro atoms. The molecule has 0 N–H and O–H groups in total. The Labute approximate surface area is 74.2 Å². The van der Waals surface area contributed by atoms with Gasteiger partial charge in [-0.05, 0) is 25.3 Å². The summed E-state index contributed by atoms with van der Waals surface area (Å²) in [6.07, 6.45) is 10.7. The van der Waals surface area contributed by atoms with Gasteiger partial charge in [-0.15, -0.1) is 12.4 Å². The van der Waals surface area contributed by atoms with Gasteiger partial charge in [0.05, 0.1) is 0 Å². The van der Waals surface area contributed by atoms with Crippen molar-refractivity contribution < 1.29 is 0 Å². The lowest BCUT2D eigenvalue weighted by molar-refractivity contribution is 0.313. The van der Waals surface area contributed by atoms with Crippen molar-refractivity contribution in [1.82, 2.24) is 4.90 Å². The zero-order valence-electron chi connectivity index (χ0n) is 6.62. The summed E-state index contributed by atoms with van der Waals surface area (Å²) in [7, 11) is 0. The highest BCUT2D eigenvalue weighted by atomic mass is 35.5. The molecule has 1 saturated heterocycles. The maximum Gasteiger partial charge on any atom is 0.0359 e. The van der Waals surface area contributed by atoms with Gasteiger partial charge in [-0.25, -0.2) is 0 Å². The Hall–Kier alpha value is -0.430. The molecular weight excluding hydrogens is 158 g/mol. The molecule has 0 radical (unpaired) electrons. The minimum absolute atomic E-state index is 0. The van der Waals surface area contributed by atoms with Gasteiger partial charge in [0.25, 0.3) is 0 Å². The Morgan fingerprint density at radius 3 is 3.00 bits per heavy atom. The lowest BCUT2D eigenvalue weighted by Gasteiger charge is -2.32. The van der Waals surface area contributed by atoms with Crippen LogP contribution in [0, 0.1) is 0 Å². The van der Waals surface area contributed by atoms with Crippen LogP contribution in [0.1, 0.15) is 19.3 Å². The molecule has 0 atom stereocenters. The van der Waals surface area contributed by atoms with E-state index in [0.717, 1.165) is 6.54 Å². The van der Waals surface area contributed by atoms with E-state index in [1.807, 2.05) is 0 Å². The standard InChI is InChI=1S/C9H13N.ClH/c1-3-7-10-8-4-2-6-9(10)5-1;/h1,3,5H,2,4,6-8H2;1H. The molecule has 0 amide bonds. The molecule has 2 aliphatic heterocycles. The highest BCUT2D eigenvalue weighted by Gasteiger charge is 2.13. The maximum atomic E-state index is 2.48. The maximum absolute atomic E-state index is 2.48. The van der Waals surface area contributed by atoms with Crippen molar-refractivity contribution >= 4 is 12.4 Å². The molecule has 2 rings (SSSR count). The second-order valence-electron chi connectivity index (χ2n) is 2.99. The summed E-state index contributed by atoms with van der Waals surface area (Å²) in [5.74, 6) is 0. The monoisotopic (exact) mass is 171 g/mol. The number of rotatable bonds is 0. The van der Waals surface area contributed by atoms with E-state index < -0.39 is 0 Å². The molecule has 1 fully saturated rings. The molecular formula is C9H14ClN. The van der Waals surface area contributed by atoms with E-state index in [1.54, 1.807) is 5.70 Å². The molecule has 1 nitrogen and oxygen atoms in total. The first-order valence-corrected chi connectivity index (χ1v) is 4.07. The minimum atomic E-state index is 0. The van der Waals surface area contributed by atoms with Crippen LogP contribution in [-0.2, 0) is 0 Å². The van der Waals surface area contributed by atoms with Crippen LogP contribution in [0.5, 0.6) is 0 Å². The van der Waals surface area contributed by atoms with E-state index in [9.17, 15) is 0 Å². The Balaban J connectivity index is 0.000000605. The van der Waals surface area contributed by atoms with E-state index >= 15 is 0 Å². The smallest absolute Gasteiger partial charge is 0.0359 e. The van der Waals surface area contributed by atoms with Gasteiger partial charge in [0.15, 0.2) is 0 Å². The molecule has 0 aromatic heterocycles. The van der Waals surface area contributed by atoms with Crippen LogP contribution in [-0.4, -0.2) is 18.0 Å². The Kier molecular flexibility index (Phi) is 3.01. The van der Waals surface area contributed by atoms with Gasteiger partial charge in [0.1, 0.15) is 0 Å². The van der Waals surface area contributed by atoms with Crippen molar-refractivity contribution in [1.29, 1.82) is 0 Å². The topological polar surface area (TPSA) is 3.24 Å². The third kappa shape index (κ3) is 1.78. The number of allylic oxidation sites excluding steroid dienone is 3. The van der Waals surface area contributed by atoms with Crippen LogP contribution < -0.4 is 0 Å². The lowest BCUT2D eigenvalue weighted by atomic mass is 10.1. The number of fused-ring (bicyclic) bond motifs is 1. The molecule has 0 aromatic rings. The summed E-state index contributed by atoms with van der Waals surface area (Å²) in [5.41, 5.74) is 1.55. The highest BCUT2D eigenvalue weighted by molar-refractivity contribution is 5.85.